The van der Waals surface area contributed by atoms with E-state index in [0.29, 0.717) is 0 Å². The van der Waals surface area contributed by atoms with Gasteiger partial charge in [-0.1, -0.05) is 13.3 Å². The van der Waals surface area contributed by atoms with Crippen LogP contribution in [0.5, 0.6) is 0 Å². The lowest BCUT2D eigenvalue weighted by molar-refractivity contribution is 0.00228. The zero-order chi connectivity index (χ0) is 17.6. The van der Waals surface area contributed by atoms with Gasteiger partial charge in [-0.2, -0.15) is 0 Å². The van der Waals surface area contributed by atoms with Gasteiger partial charge in [0.1, 0.15) is 11.4 Å². The lowest BCUT2D eigenvalue weighted by Crippen LogP contribution is -2.51. The molecule has 1 saturated heterocycles. The van der Waals surface area contributed by atoms with Gasteiger partial charge in [0, 0.05) is 25.0 Å². The van der Waals surface area contributed by atoms with Gasteiger partial charge < -0.3 is 19.4 Å². The van der Waals surface area contributed by atoms with E-state index in [1.54, 1.807) is 6.26 Å². The lowest BCUT2D eigenvalue weighted by atomic mass is 9.76. The number of ether oxygens (including phenoxy) is 1. The van der Waals surface area contributed by atoms with E-state index < -0.39 is 5.60 Å². The molecule has 0 saturated carbocycles. The molecule has 0 bridgehead atoms. The summed E-state index contributed by atoms with van der Waals surface area (Å²) in [5.74, 6) is 0.946. The number of furan rings is 1. The molecule has 2 rings (SSSR count). The summed E-state index contributed by atoms with van der Waals surface area (Å²) < 4.78 is 10.9. The maximum absolute atomic E-state index is 12.4. The van der Waals surface area contributed by atoms with E-state index in [1.165, 1.54) is 0 Å². The Morgan fingerprint density at radius 2 is 2.25 bits per heavy atom. The molecule has 1 fully saturated rings. The Morgan fingerprint density at radius 3 is 2.88 bits per heavy atom. The maximum Gasteiger partial charge on any atom is 0.410 e. The number of hydrogen-bond acceptors (Lipinski definition) is 4. The van der Waals surface area contributed by atoms with E-state index >= 15 is 0 Å². The summed E-state index contributed by atoms with van der Waals surface area (Å²) in [5.41, 5.74) is -0.323. The van der Waals surface area contributed by atoms with Crippen LogP contribution in [-0.2, 0) is 11.3 Å². The van der Waals surface area contributed by atoms with Crippen molar-refractivity contribution < 1.29 is 13.9 Å². The van der Waals surface area contributed by atoms with Crippen LogP contribution in [0.3, 0.4) is 0 Å². The molecule has 1 unspecified atom stereocenters. The number of carbonyl (C=O) groups is 1. The zero-order valence-electron chi connectivity index (χ0n) is 15.6. The Kier molecular flexibility index (Phi) is 6.33. The summed E-state index contributed by atoms with van der Waals surface area (Å²) in [4.78, 5) is 14.3. The first-order valence-corrected chi connectivity index (χ1v) is 9.05. The van der Waals surface area contributed by atoms with Gasteiger partial charge in [-0.05, 0) is 52.2 Å². The van der Waals surface area contributed by atoms with E-state index in [9.17, 15) is 4.79 Å². The summed E-state index contributed by atoms with van der Waals surface area (Å²) in [6, 6.07) is 3.89. The average Bonchev–Trinajstić information content (AvgIpc) is 2.99. The Balaban J connectivity index is 1.95. The van der Waals surface area contributed by atoms with E-state index in [0.717, 1.165) is 57.6 Å². The molecule has 5 nitrogen and oxygen atoms in total. The number of likely N-dealkylation sites (tertiary alicyclic amines) is 1. The van der Waals surface area contributed by atoms with E-state index in [-0.39, 0.29) is 11.5 Å². The van der Waals surface area contributed by atoms with Gasteiger partial charge in [0.2, 0.25) is 0 Å². The molecule has 1 aromatic rings. The molecule has 1 N–H and O–H groups in total. The summed E-state index contributed by atoms with van der Waals surface area (Å²) >= 11 is 0. The number of nitrogens with zero attached hydrogens (tertiary/aromatic N) is 1. The normalized spacial score (nSPS) is 21.8. The Hall–Kier alpha value is -1.49. The van der Waals surface area contributed by atoms with Crippen LogP contribution in [0.15, 0.2) is 22.8 Å². The molecule has 0 aromatic carbocycles. The second kappa shape index (κ2) is 8.06. The highest BCUT2D eigenvalue weighted by Gasteiger charge is 2.37. The molecule has 1 atom stereocenters. The highest BCUT2D eigenvalue weighted by molar-refractivity contribution is 5.68. The monoisotopic (exact) mass is 336 g/mol. The van der Waals surface area contributed by atoms with Gasteiger partial charge in [0.25, 0.3) is 0 Å². The van der Waals surface area contributed by atoms with Crippen molar-refractivity contribution in [3.05, 3.63) is 24.2 Å². The molecule has 24 heavy (non-hydrogen) atoms. The number of amides is 1. The van der Waals surface area contributed by atoms with Crippen molar-refractivity contribution in [1.29, 1.82) is 0 Å². The molecule has 1 amide bonds. The Labute approximate surface area is 145 Å². The summed E-state index contributed by atoms with van der Waals surface area (Å²) in [5, 5.41) is 3.52. The van der Waals surface area contributed by atoms with Crippen molar-refractivity contribution in [2.75, 3.05) is 19.6 Å². The molecule has 1 aliphatic heterocycles. The first kappa shape index (κ1) is 18.8. The predicted molar refractivity (Wildman–Crippen MR) is 94.8 cm³/mol. The van der Waals surface area contributed by atoms with Gasteiger partial charge in [0.05, 0.1) is 12.8 Å². The van der Waals surface area contributed by atoms with Crippen LogP contribution in [0, 0.1) is 5.41 Å². The van der Waals surface area contributed by atoms with Crippen LogP contribution in [0.4, 0.5) is 4.79 Å². The summed E-state index contributed by atoms with van der Waals surface area (Å²) in [6.45, 7) is 11.1. The largest absolute Gasteiger partial charge is 0.468 e. The number of rotatable bonds is 6. The first-order valence-electron chi connectivity index (χ1n) is 9.05. The van der Waals surface area contributed by atoms with Gasteiger partial charge >= 0.3 is 6.09 Å². The molecule has 1 aromatic heterocycles. The standard InChI is InChI=1S/C19H32N2O3/c1-5-9-19(14-20-13-16-8-6-12-23-16)10-7-11-21(15-19)17(22)24-18(2,3)4/h6,8,12,20H,5,7,9-11,13-15H2,1-4H3. The van der Waals surface area contributed by atoms with E-state index in [1.807, 2.05) is 37.8 Å². The predicted octanol–water partition coefficient (Wildman–Crippen LogP) is 4.19. The fraction of sp³-hybridized carbons (Fsp3) is 0.737. The smallest absolute Gasteiger partial charge is 0.410 e. The average molecular weight is 336 g/mol. The highest BCUT2D eigenvalue weighted by atomic mass is 16.6. The van der Waals surface area contributed by atoms with Crippen LogP contribution in [0.1, 0.15) is 59.1 Å². The molecule has 2 heterocycles. The third-order valence-corrected chi connectivity index (χ3v) is 4.47. The third kappa shape index (κ3) is 5.55. The van der Waals surface area contributed by atoms with Crippen molar-refractivity contribution in [2.45, 2.75) is 65.5 Å². The Morgan fingerprint density at radius 1 is 1.46 bits per heavy atom. The number of carbonyl (C=O) groups excluding carboxylic acids is 1. The topological polar surface area (TPSA) is 54.7 Å². The van der Waals surface area contributed by atoms with Gasteiger partial charge in [-0.15, -0.1) is 0 Å². The summed E-state index contributed by atoms with van der Waals surface area (Å²) in [6.07, 6.45) is 5.91. The van der Waals surface area contributed by atoms with Gasteiger partial charge in [0.15, 0.2) is 0 Å². The minimum Gasteiger partial charge on any atom is -0.468 e. The number of nitrogens with one attached hydrogen (secondary N) is 1. The van der Waals surface area contributed by atoms with Gasteiger partial charge in [-0.3, -0.25) is 0 Å². The fourth-order valence-corrected chi connectivity index (χ4v) is 3.52. The van der Waals surface area contributed by atoms with Crippen LogP contribution in [-0.4, -0.2) is 36.2 Å². The SMILES string of the molecule is CCCC1(CNCc2ccco2)CCCN(C(=O)OC(C)(C)C)C1. The van der Waals surface area contributed by atoms with Gasteiger partial charge in [-0.25, -0.2) is 4.79 Å². The number of piperidine rings is 1. The first-order chi connectivity index (χ1) is 11.3. The quantitative estimate of drug-likeness (QED) is 0.846. The molecular weight excluding hydrogens is 304 g/mol. The molecule has 5 heteroatoms. The maximum atomic E-state index is 12.4. The third-order valence-electron chi connectivity index (χ3n) is 4.47. The van der Waals surface area contributed by atoms with Crippen molar-refractivity contribution in [1.82, 2.24) is 10.2 Å². The van der Waals surface area contributed by atoms with Crippen LogP contribution < -0.4 is 5.32 Å². The molecule has 0 aliphatic carbocycles. The minimum absolute atomic E-state index is 0.122. The molecule has 0 spiro atoms. The molecule has 1 aliphatic rings. The van der Waals surface area contributed by atoms with Crippen molar-refractivity contribution in [3.8, 4) is 0 Å². The second-order valence-corrected chi connectivity index (χ2v) is 7.94. The highest BCUT2D eigenvalue weighted by Crippen LogP contribution is 2.34. The zero-order valence-corrected chi connectivity index (χ0v) is 15.6. The van der Waals surface area contributed by atoms with Crippen molar-refractivity contribution in [2.24, 2.45) is 5.41 Å². The number of hydrogen-bond donors (Lipinski definition) is 1. The molecule has 0 radical (unpaired) electrons. The van der Waals surface area contributed by atoms with E-state index in [2.05, 4.69) is 12.2 Å². The fourth-order valence-electron chi connectivity index (χ4n) is 3.52. The van der Waals surface area contributed by atoms with Crippen LogP contribution >= 0.6 is 0 Å². The molecular formula is C19H32N2O3. The lowest BCUT2D eigenvalue weighted by Gasteiger charge is -2.43. The Bertz CT molecular complexity index is 503. The molecule has 136 valence electrons. The second-order valence-electron chi connectivity index (χ2n) is 7.94. The van der Waals surface area contributed by atoms with Crippen LogP contribution in [0.2, 0.25) is 0 Å². The van der Waals surface area contributed by atoms with Crippen LogP contribution in [0.25, 0.3) is 0 Å². The minimum atomic E-state index is -0.445. The van der Waals surface area contributed by atoms with Crippen molar-refractivity contribution >= 4 is 6.09 Å². The summed E-state index contributed by atoms with van der Waals surface area (Å²) in [7, 11) is 0. The van der Waals surface area contributed by atoms with Crippen molar-refractivity contribution in [3.63, 3.8) is 0 Å². The van der Waals surface area contributed by atoms with E-state index in [4.69, 9.17) is 9.15 Å².